The zero-order chi connectivity index (χ0) is 15.4. The highest BCUT2D eigenvalue weighted by Crippen LogP contribution is 2.05. The average Bonchev–Trinajstić information content (AvgIpc) is 2.42. The van der Waals surface area contributed by atoms with Crippen LogP contribution in [-0.2, 0) is 11.3 Å². The number of carbonyl (C=O) groups is 1. The maximum absolute atomic E-state index is 11.8. The number of hydrogen-bond donors (Lipinski definition) is 2. The van der Waals surface area contributed by atoms with E-state index < -0.39 is 34.3 Å². The van der Waals surface area contributed by atoms with Crippen molar-refractivity contribution in [1.29, 1.82) is 0 Å². The predicted molar refractivity (Wildman–Crippen MR) is 73.0 cm³/mol. The maximum Gasteiger partial charge on any atom is 0.350 e. The van der Waals surface area contributed by atoms with Gasteiger partial charge in [-0.1, -0.05) is 18.2 Å². The highest BCUT2D eigenvalue weighted by molar-refractivity contribution is 5.90. The summed E-state index contributed by atoms with van der Waals surface area (Å²) >= 11 is 0. The van der Waals surface area contributed by atoms with Crippen LogP contribution in [0.3, 0.4) is 0 Å². The van der Waals surface area contributed by atoms with Crippen molar-refractivity contribution in [2.45, 2.75) is 6.54 Å². The average molecular weight is 290 g/mol. The first-order valence-corrected chi connectivity index (χ1v) is 5.80. The number of carbonyl (C=O) groups excluding carboxylic acids is 1. The summed E-state index contributed by atoms with van der Waals surface area (Å²) in [6.07, 6.45) is 0.742. The number of amides is 1. The molecule has 0 atom stereocenters. The van der Waals surface area contributed by atoms with E-state index in [-0.39, 0.29) is 0 Å². The van der Waals surface area contributed by atoms with Crippen molar-refractivity contribution in [3.63, 3.8) is 0 Å². The van der Waals surface area contributed by atoms with Crippen molar-refractivity contribution in [2.75, 3.05) is 5.32 Å². The Hall–Kier alpha value is -3.23. The first-order valence-electron chi connectivity index (χ1n) is 5.80. The van der Waals surface area contributed by atoms with E-state index in [9.17, 15) is 24.5 Å². The molecule has 1 aromatic heterocycles. The predicted octanol–water partition coefficient (Wildman–Crippen LogP) is 0.0835. The topological polar surface area (TPSA) is 127 Å². The van der Waals surface area contributed by atoms with Gasteiger partial charge in [0.15, 0.2) is 0 Å². The Morgan fingerprint density at radius 2 is 1.95 bits per heavy atom. The normalized spacial score (nSPS) is 10.1. The number of benzene rings is 1. The fraction of sp³-hybridized carbons (Fsp3) is 0.0833. The van der Waals surface area contributed by atoms with Crippen LogP contribution in [-0.4, -0.2) is 20.4 Å². The van der Waals surface area contributed by atoms with E-state index in [4.69, 9.17) is 0 Å². The van der Waals surface area contributed by atoms with E-state index in [1.54, 1.807) is 35.3 Å². The van der Waals surface area contributed by atoms with Gasteiger partial charge in [-0.15, -0.1) is 0 Å². The monoisotopic (exact) mass is 290 g/mol. The van der Waals surface area contributed by atoms with Crippen molar-refractivity contribution in [3.05, 3.63) is 67.5 Å². The molecule has 9 nitrogen and oxygen atoms in total. The summed E-state index contributed by atoms with van der Waals surface area (Å²) in [5, 5.41) is 13.2. The van der Waals surface area contributed by atoms with E-state index in [1.165, 1.54) is 0 Å². The largest absolute Gasteiger partial charge is 0.350 e. The zero-order valence-corrected chi connectivity index (χ0v) is 10.6. The molecule has 1 aromatic carbocycles. The second kappa shape index (κ2) is 5.82. The number of anilines is 1. The van der Waals surface area contributed by atoms with E-state index >= 15 is 0 Å². The number of nitrogens with zero attached hydrogens (tertiary/aromatic N) is 2. The van der Waals surface area contributed by atoms with Gasteiger partial charge in [0.1, 0.15) is 6.54 Å². The number of hydrogen-bond acceptors (Lipinski definition) is 5. The highest BCUT2D eigenvalue weighted by Gasteiger charge is 2.16. The first kappa shape index (κ1) is 14.2. The first-order chi connectivity index (χ1) is 9.97. The second-order valence-electron chi connectivity index (χ2n) is 4.07. The Kier molecular flexibility index (Phi) is 3.93. The van der Waals surface area contributed by atoms with Crippen LogP contribution in [0.4, 0.5) is 11.4 Å². The zero-order valence-electron chi connectivity index (χ0n) is 10.6. The van der Waals surface area contributed by atoms with Crippen LogP contribution in [0.15, 0.2) is 46.1 Å². The number of para-hydroxylation sites is 1. The quantitative estimate of drug-likeness (QED) is 0.609. The van der Waals surface area contributed by atoms with Crippen molar-refractivity contribution in [1.82, 2.24) is 9.55 Å². The third-order valence-electron chi connectivity index (χ3n) is 2.56. The van der Waals surface area contributed by atoms with Crippen molar-refractivity contribution < 1.29 is 9.72 Å². The fourth-order valence-corrected chi connectivity index (χ4v) is 1.62. The van der Waals surface area contributed by atoms with Gasteiger partial charge in [-0.2, -0.15) is 0 Å². The molecule has 1 heterocycles. The molecule has 0 saturated heterocycles. The van der Waals surface area contributed by atoms with Crippen LogP contribution in [0.1, 0.15) is 0 Å². The SMILES string of the molecule is O=C(Cn1cc([N+](=O)[O-])c(=O)[nH]c1=O)Nc1ccccc1. The van der Waals surface area contributed by atoms with Crippen LogP contribution in [0, 0.1) is 10.1 Å². The molecular formula is C12H10N4O5. The van der Waals surface area contributed by atoms with E-state index in [0.29, 0.717) is 5.69 Å². The minimum absolute atomic E-state index is 0.453. The number of aromatic nitrogens is 2. The number of nitrogens with one attached hydrogen (secondary N) is 2. The molecule has 0 radical (unpaired) electrons. The van der Waals surface area contributed by atoms with Crippen LogP contribution < -0.4 is 16.6 Å². The lowest BCUT2D eigenvalue weighted by Crippen LogP contribution is -2.34. The Morgan fingerprint density at radius 3 is 2.57 bits per heavy atom. The Labute approximate surface area is 117 Å². The molecule has 0 bridgehead atoms. The van der Waals surface area contributed by atoms with Gasteiger partial charge in [-0.25, -0.2) is 4.79 Å². The number of nitro groups is 1. The van der Waals surface area contributed by atoms with Crippen LogP contribution >= 0.6 is 0 Å². The van der Waals surface area contributed by atoms with Gasteiger partial charge in [0.05, 0.1) is 11.1 Å². The Bertz CT molecular complexity index is 793. The molecule has 0 spiro atoms. The minimum atomic E-state index is -1.11. The van der Waals surface area contributed by atoms with Gasteiger partial charge >= 0.3 is 16.9 Å². The molecule has 21 heavy (non-hydrogen) atoms. The molecular weight excluding hydrogens is 280 g/mol. The van der Waals surface area contributed by atoms with Crippen molar-refractivity contribution >= 4 is 17.3 Å². The number of rotatable bonds is 4. The molecule has 0 unspecified atom stereocenters. The second-order valence-corrected chi connectivity index (χ2v) is 4.07. The van der Waals surface area contributed by atoms with Gasteiger partial charge < -0.3 is 5.32 Å². The summed E-state index contributed by atoms with van der Waals surface area (Å²) in [6, 6.07) is 8.50. The van der Waals surface area contributed by atoms with Crippen LogP contribution in [0.25, 0.3) is 0 Å². The molecule has 2 aromatic rings. The van der Waals surface area contributed by atoms with E-state index in [0.717, 1.165) is 10.8 Å². The molecule has 0 saturated carbocycles. The minimum Gasteiger partial charge on any atom is -0.325 e. The molecule has 0 aliphatic carbocycles. The Balaban J connectivity index is 2.21. The third-order valence-corrected chi connectivity index (χ3v) is 2.56. The summed E-state index contributed by atoms with van der Waals surface area (Å²) in [4.78, 5) is 46.0. The fourth-order valence-electron chi connectivity index (χ4n) is 1.62. The molecule has 0 aliphatic rings. The van der Waals surface area contributed by atoms with Crippen LogP contribution in [0.5, 0.6) is 0 Å². The summed E-state index contributed by atoms with van der Waals surface area (Å²) in [5.74, 6) is -0.551. The maximum atomic E-state index is 11.8. The summed E-state index contributed by atoms with van der Waals surface area (Å²) < 4.78 is 0.762. The molecule has 9 heteroatoms. The van der Waals surface area contributed by atoms with Crippen molar-refractivity contribution in [3.8, 4) is 0 Å². The van der Waals surface area contributed by atoms with E-state index in [1.807, 2.05) is 0 Å². The third kappa shape index (κ3) is 3.41. The van der Waals surface area contributed by atoms with Gasteiger partial charge in [0.2, 0.25) is 5.91 Å². The summed E-state index contributed by atoms with van der Waals surface area (Å²) in [6.45, 7) is -0.453. The van der Waals surface area contributed by atoms with Gasteiger partial charge in [-0.3, -0.25) is 29.3 Å². The lowest BCUT2D eigenvalue weighted by molar-refractivity contribution is -0.386. The van der Waals surface area contributed by atoms with Crippen LogP contribution in [0.2, 0.25) is 0 Å². The molecule has 2 rings (SSSR count). The number of H-pyrrole nitrogens is 1. The molecule has 108 valence electrons. The molecule has 0 aliphatic heterocycles. The van der Waals surface area contributed by atoms with Gasteiger partial charge in [0, 0.05) is 5.69 Å². The lowest BCUT2D eigenvalue weighted by Gasteiger charge is -2.06. The molecule has 0 fully saturated rings. The van der Waals surface area contributed by atoms with Gasteiger partial charge in [0.25, 0.3) is 0 Å². The standard InChI is InChI=1S/C12H10N4O5/c17-10(13-8-4-2-1-3-5-8)7-15-6-9(16(20)21)11(18)14-12(15)19/h1-6H,7H2,(H,13,17)(H,14,18,19). The Morgan fingerprint density at radius 1 is 1.29 bits per heavy atom. The number of aromatic amines is 1. The molecule has 1 amide bonds. The lowest BCUT2D eigenvalue weighted by atomic mass is 10.3. The summed E-state index contributed by atoms with van der Waals surface area (Å²) in [5.41, 5.74) is -2.28. The smallest absolute Gasteiger partial charge is 0.325 e. The van der Waals surface area contributed by atoms with E-state index in [2.05, 4.69) is 5.32 Å². The van der Waals surface area contributed by atoms with Gasteiger partial charge in [-0.05, 0) is 12.1 Å². The molecule has 2 N–H and O–H groups in total. The summed E-state index contributed by atoms with van der Waals surface area (Å²) in [7, 11) is 0. The highest BCUT2D eigenvalue weighted by atomic mass is 16.6. The van der Waals surface area contributed by atoms with Crippen molar-refractivity contribution in [2.24, 2.45) is 0 Å².